The number of benzene rings is 1. The van der Waals surface area contributed by atoms with Crippen molar-refractivity contribution in [2.24, 2.45) is 0 Å². The number of nitrogens with zero attached hydrogens (tertiary/aromatic N) is 3. The molecule has 2 aromatic rings. The van der Waals surface area contributed by atoms with Crippen molar-refractivity contribution in [3.8, 4) is 0 Å². The Hall–Kier alpha value is -1.93. The summed E-state index contributed by atoms with van der Waals surface area (Å²) >= 11 is 4.84. The van der Waals surface area contributed by atoms with Crippen molar-refractivity contribution in [2.45, 2.75) is 0 Å². The Morgan fingerprint density at radius 1 is 1.22 bits per heavy atom. The lowest BCUT2D eigenvalue weighted by Gasteiger charge is -2.35. The van der Waals surface area contributed by atoms with Crippen LogP contribution in [0.3, 0.4) is 0 Å². The molecule has 0 aliphatic carbocycles. The van der Waals surface area contributed by atoms with Crippen LogP contribution in [0.1, 0.15) is 10.4 Å². The molecule has 3 rings (SSSR count). The van der Waals surface area contributed by atoms with Crippen LogP contribution in [0.25, 0.3) is 0 Å². The molecular weight excluding hydrogens is 382 g/mol. The van der Waals surface area contributed by atoms with E-state index in [-0.39, 0.29) is 16.5 Å². The SMILES string of the molecule is O=C(c1csc(Br)c1)N1CCN(c2ccccc2[N+](=O)[O-])CC1. The molecule has 2 heterocycles. The van der Waals surface area contributed by atoms with Crippen molar-refractivity contribution in [1.29, 1.82) is 0 Å². The highest BCUT2D eigenvalue weighted by Gasteiger charge is 2.26. The summed E-state index contributed by atoms with van der Waals surface area (Å²) in [6.07, 6.45) is 0. The average molecular weight is 396 g/mol. The first-order valence-corrected chi connectivity index (χ1v) is 8.75. The number of rotatable bonds is 3. The lowest BCUT2D eigenvalue weighted by molar-refractivity contribution is -0.384. The summed E-state index contributed by atoms with van der Waals surface area (Å²) in [5.41, 5.74) is 1.40. The van der Waals surface area contributed by atoms with Crippen LogP contribution in [-0.2, 0) is 0 Å². The van der Waals surface area contributed by atoms with E-state index in [9.17, 15) is 14.9 Å². The second kappa shape index (κ2) is 6.67. The molecule has 1 saturated heterocycles. The second-order valence-electron chi connectivity index (χ2n) is 5.16. The zero-order chi connectivity index (χ0) is 16.4. The fraction of sp³-hybridized carbons (Fsp3) is 0.267. The number of nitro benzene ring substituents is 1. The lowest BCUT2D eigenvalue weighted by atomic mass is 10.2. The minimum Gasteiger partial charge on any atom is -0.362 e. The molecule has 1 aliphatic heterocycles. The van der Waals surface area contributed by atoms with E-state index in [1.165, 1.54) is 17.4 Å². The molecular formula is C15H14BrN3O3S. The van der Waals surface area contributed by atoms with Crippen molar-refractivity contribution >= 4 is 44.5 Å². The van der Waals surface area contributed by atoms with Gasteiger partial charge in [0.05, 0.1) is 14.3 Å². The van der Waals surface area contributed by atoms with Gasteiger partial charge in [0.25, 0.3) is 11.6 Å². The maximum Gasteiger partial charge on any atom is 0.292 e. The molecule has 0 atom stereocenters. The summed E-state index contributed by atoms with van der Waals surface area (Å²) in [5, 5.41) is 13.0. The summed E-state index contributed by atoms with van der Waals surface area (Å²) in [6.45, 7) is 2.28. The Labute approximate surface area is 145 Å². The van der Waals surface area contributed by atoms with E-state index in [4.69, 9.17) is 0 Å². The van der Waals surface area contributed by atoms with Crippen LogP contribution in [0.2, 0.25) is 0 Å². The van der Waals surface area contributed by atoms with Crippen LogP contribution >= 0.6 is 27.3 Å². The van der Waals surface area contributed by atoms with Crippen LogP contribution in [0, 0.1) is 10.1 Å². The summed E-state index contributed by atoms with van der Waals surface area (Å²) in [7, 11) is 0. The molecule has 1 fully saturated rings. The van der Waals surface area contributed by atoms with Crippen LogP contribution in [-0.4, -0.2) is 41.9 Å². The molecule has 8 heteroatoms. The van der Waals surface area contributed by atoms with Gasteiger partial charge in [-0.2, -0.15) is 0 Å². The van der Waals surface area contributed by atoms with E-state index < -0.39 is 0 Å². The number of nitro groups is 1. The quantitative estimate of drug-likeness (QED) is 0.589. The highest BCUT2D eigenvalue weighted by Crippen LogP contribution is 2.29. The van der Waals surface area contributed by atoms with Crippen LogP contribution < -0.4 is 4.90 Å². The fourth-order valence-corrected chi connectivity index (χ4v) is 3.77. The molecule has 0 spiro atoms. The van der Waals surface area contributed by atoms with E-state index >= 15 is 0 Å². The predicted octanol–water partition coefficient (Wildman–Crippen LogP) is 3.38. The van der Waals surface area contributed by atoms with Crippen molar-refractivity contribution in [3.05, 3.63) is 55.2 Å². The molecule has 23 heavy (non-hydrogen) atoms. The first-order valence-electron chi connectivity index (χ1n) is 7.08. The third kappa shape index (κ3) is 3.37. The molecule has 0 N–H and O–H groups in total. The van der Waals surface area contributed by atoms with Gasteiger partial charge in [0.2, 0.25) is 0 Å². The molecule has 1 aromatic carbocycles. The van der Waals surface area contributed by atoms with Gasteiger partial charge in [0, 0.05) is 37.6 Å². The second-order valence-corrected chi connectivity index (χ2v) is 7.46. The normalized spacial score (nSPS) is 14.8. The van der Waals surface area contributed by atoms with Gasteiger partial charge in [0.1, 0.15) is 5.69 Å². The van der Waals surface area contributed by atoms with Crippen molar-refractivity contribution in [3.63, 3.8) is 0 Å². The van der Waals surface area contributed by atoms with E-state index in [1.807, 2.05) is 16.3 Å². The summed E-state index contributed by atoms with van der Waals surface area (Å²) < 4.78 is 0.930. The first-order chi connectivity index (χ1) is 11.1. The largest absolute Gasteiger partial charge is 0.362 e. The van der Waals surface area contributed by atoms with Crippen molar-refractivity contribution < 1.29 is 9.72 Å². The number of halogens is 1. The van der Waals surface area contributed by atoms with Gasteiger partial charge in [0.15, 0.2) is 0 Å². The van der Waals surface area contributed by atoms with E-state index in [0.29, 0.717) is 37.4 Å². The molecule has 6 nitrogen and oxygen atoms in total. The third-order valence-electron chi connectivity index (χ3n) is 3.80. The number of amides is 1. The number of anilines is 1. The van der Waals surface area contributed by atoms with Gasteiger partial charge in [-0.3, -0.25) is 14.9 Å². The minimum atomic E-state index is -0.365. The number of hydrogen-bond donors (Lipinski definition) is 0. The Bertz CT molecular complexity index is 741. The van der Waals surface area contributed by atoms with Gasteiger partial charge >= 0.3 is 0 Å². The Balaban J connectivity index is 1.69. The van der Waals surface area contributed by atoms with Crippen molar-refractivity contribution in [1.82, 2.24) is 4.90 Å². The van der Waals surface area contributed by atoms with Crippen LogP contribution in [0.15, 0.2) is 39.5 Å². The van der Waals surface area contributed by atoms with Gasteiger partial charge in [-0.25, -0.2) is 0 Å². The minimum absolute atomic E-state index is 0.00848. The van der Waals surface area contributed by atoms with E-state index in [0.717, 1.165) is 3.79 Å². The molecule has 0 saturated carbocycles. The third-order valence-corrected chi connectivity index (χ3v) is 5.30. The molecule has 120 valence electrons. The van der Waals surface area contributed by atoms with E-state index in [2.05, 4.69) is 15.9 Å². The molecule has 1 aliphatic rings. The van der Waals surface area contributed by atoms with E-state index in [1.54, 1.807) is 23.1 Å². The van der Waals surface area contributed by atoms with Crippen LogP contribution in [0.4, 0.5) is 11.4 Å². The molecule has 0 bridgehead atoms. The number of hydrogen-bond acceptors (Lipinski definition) is 5. The highest BCUT2D eigenvalue weighted by atomic mass is 79.9. The smallest absolute Gasteiger partial charge is 0.292 e. The summed E-state index contributed by atoms with van der Waals surface area (Å²) in [4.78, 5) is 26.9. The van der Waals surface area contributed by atoms with Crippen LogP contribution in [0.5, 0.6) is 0 Å². The Kier molecular flexibility index (Phi) is 4.63. The molecule has 0 unspecified atom stereocenters. The molecule has 1 aromatic heterocycles. The number of carbonyl (C=O) groups excluding carboxylic acids is 1. The highest BCUT2D eigenvalue weighted by molar-refractivity contribution is 9.11. The average Bonchev–Trinajstić information content (AvgIpc) is 3.01. The van der Waals surface area contributed by atoms with Gasteiger partial charge in [-0.05, 0) is 28.1 Å². The summed E-state index contributed by atoms with van der Waals surface area (Å²) in [5.74, 6) is 0.00848. The lowest BCUT2D eigenvalue weighted by Crippen LogP contribution is -2.48. The monoisotopic (exact) mass is 395 g/mol. The van der Waals surface area contributed by atoms with Gasteiger partial charge in [-0.1, -0.05) is 12.1 Å². The molecule has 1 amide bonds. The Morgan fingerprint density at radius 3 is 2.52 bits per heavy atom. The fourth-order valence-electron chi connectivity index (χ4n) is 2.64. The zero-order valence-corrected chi connectivity index (χ0v) is 14.5. The number of para-hydroxylation sites is 2. The van der Waals surface area contributed by atoms with Gasteiger partial charge < -0.3 is 9.80 Å². The zero-order valence-electron chi connectivity index (χ0n) is 12.1. The topological polar surface area (TPSA) is 66.7 Å². The number of carbonyl (C=O) groups is 1. The summed E-state index contributed by atoms with van der Waals surface area (Å²) in [6, 6.07) is 8.54. The number of piperazine rings is 1. The molecule has 0 radical (unpaired) electrons. The maximum atomic E-state index is 12.4. The predicted molar refractivity (Wildman–Crippen MR) is 93.2 cm³/mol. The maximum absolute atomic E-state index is 12.4. The Morgan fingerprint density at radius 2 is 1.91 bits per heavy atom. The first kappa shape index (κ1) is 15.9. The van der Waals surface area contributed by atoms with Crippen molar-refractivity contribution in [2.75, 3.05) is 31.1 Å². The number of thiophene rings is 1. The van der Waals surface area contributed by atoms with Gasteiger partial charge in [-0.15, -0.1) is 11.3 Å². The standard InChI is InChI=1S/C15H14BrN3O3S/c16-14-9-11(10-23-14)15(20)18-7-5-17(6-8-18)12-3-1-2-4-13(12)19(21)22/h1-4,9-10H,5-8H2.